The van der Waals surface area contributed by atoms with Crippen LogP contribution in [0.25, 0.3) is 10.9 Å². The minimum absolute atomic E-state index is 0.0903. The predicted octanol–water partition coefficient (Wildman–Crippen LogP) is 5.39. The van der Waals surface area contributed by atoms with Gasteiger partial charge in [-0.25, -0.2) is 0 Å². The van der Waals surface area contributed by atoms with Crippen LogP contribution in [0.3, 0.4) is 0 Å². The monoisotopic (exact) mass is 417 g/mol. The highest BCUT2D eigenvalue weighted by Gasteiger charge is 2.24. The van der Waals surface area contributed by atoms with E-state index in [0.29, 0.717) is 13.1 Å². The average molecular weight is 418 g/mol. The molecule has 0 bridgehead atoms. The number of carbonyl (C=O) groups is 1. The standard InChI is InChI=1S/C25H27N3OS/c1-3-28(19-10-5-4-6-11-19)25(29)18(2)26-17-22(24-14-9-15-30-24)21-16-27-23-13-8-7-12-20(21)23/h4-16,18,22,26-27H,3,17H2,1-2H3/t18-,22-/m0/s1. The molecule has 0 saturated heterocycles. The summed E-state index contributed by atoms with van der Waals surface area (Å²) >= 11 is 1.76. The molecule has 4 rings (SSSR count). The molecule has 2 N–H and O–H groups in total. The highest BCUT2D eigenvalue weighted by atomic mass is 32.1. The number of H-pyrrole nitrogens is 1. The molecule has 0 aliphatic rings. The molecule has 154 valence electrons. The van der Waals surface area contributed by atoms with E-state index in [4.69, 9.17) is 0 Å². The molecule has 2 heterocycles. The first kappa shape index (κ1) is 20.4. The predicted molar refractivity (Wildman–Crippen MR) is 126 cm³/mol. The number of aromatic amines is 1. The highest BCUT2D eigenvalue weighted by Crippen LogP contribution is 2.33. The Kier molecular flexibility index (Phi) is 6.31. The normalized spacial score (nSPS) is 13.3. The second-order valence-corrected chi connectivity index (χ2v) is 8.38. The molecule has 4 aromatic rings. The second kappa shape index (κ2) is 9.28. The number of carbonyl (C=O) groups excluding carboxylic acids is 1. The third-order valence-corrected chi connectivity index (χ3v) is 6.52. The number of hydrogen-bond donors (Lipinski definition) is 2. The molecular formula is C25H27N3OS. The van der Waals surface area contributed by atoms with Crippen molar-refractivity contribution in [3.8, 4) is 0 Å². The number of hydrogen-bond acceptors (Lipinski definition) is 3. The largest absolute Gasteiger partial charge is 0.361 e. The van der Waals surface area contributed by atoms with Crippen LogP contribution in [0.4, 0.5) is 5.69 Å². The molecule has 2 aromatic heterocycles. The van der Waals surface area contributed by atoms with Gasteiger partial charge in [-0.05, 0) is 49.1 Å². The lowest BCUT2D eigenvalue weighted by Gasteiger charge is -2.26. The molecule has 30 heavy (non-hydrogen) atoms. The van der Waals surface area contributed by atoms with Gasteiger partial charge in [-0.1, -0.05) is 42.5 Å². The zero-order valence-corrected chi connectivity index (χ0v) is 18.2. The first-order chi connectivity index (χ1) is 14.7. The third-order valence-electron chi connectivity index (χ3n) is 5.53. The first-order valence-electron chi connectivity index (χ1n) is 10.4. The van der Waals surface area contributed by atoms with E-state index in [0.717, 1.165) is 11.2 Å². The van der Waals surface area contributed by atoms with E-state index in [1.54, 1.807) is 11.3 Å². The number of likely N-dealkylation sites (N-methyl/N-ethyl adjacent to an activating group) is 1. The van der Waals surface area contributed by atoms with E-state index in [1.165, 1.54) is 15.8 Å². The van der Waals surface area contributed by atoms with E-state index >= 15 is 0 Å². The van der Waals surface area contributed by atoms with Crippen molar-refractivity contribution in [2.75, 3.05) is 18.0 Å². The Hall–Kier alpha value is -2.89. The summed E-state index contributed by atoms with van der Waals surface area (Å²) in [5, 5.41) is 6.85. The van der Waals surface area contributed by atoms with Crippen LogP contribution in [0, 0.1) is 0 Å². The molecule has 0 saturated carbocycles. The van der Waals surface area contributed by atoms with Crippen LogP contribution in [0.1, 0.15) is 30.2 Å². The Morgan fingerprint density at radius 1 is 1.07 bits per heavy atom. The maximum atomic E-state index is 13.1. The van der Waals surface area contributed by atoms with Gasteiger partial charge in [0.1, 0.15) is 0 Å². The van der Waals surface area contributed by atoms with Crippen LogP contribution in [-0.4, -0.2) is 30.0 Å². The summed E-state index contributed by atoms with van der Waals surface area (Å²) in [7, 11) is 0. The number of amides is 1. The Bertz CT molecular complexity index is 1090. The molecule has 1 amide bonds. The highest BCUT2D eigenvalue weighted by molar-refractivity contribution is 7.10. The Morgan fingerprint density at radius 3 is 2.57 bits per heavy atom. The van der Waals surface area contributed by atoms with E-state index in [9.17, 15) is 4.79 Å². The van der Waals surface area contributed by atoms with Crippen LogP contribution in [0.15, 0.2) is 78.3 Å². The minimum atomic E-state index is -0.280. The summed E-state index contributed by atoms with van der Waals surface area (Å²) in [6.07, 6.45) is 2.10. The molecule has 0 aliphatic heterocycles. The number of para-hydroxylation sites is 2. The zero-order valence-electron chi connectivity index (χ0n) is 17.3. The van der Waals surface area contributed by atoms with Crippen LogP contribution in [0.5, 0.6) is 0 Å². The number of thiophene rings is 1. The van der Waals surface area contributed by atoms with Gasteiger partial charge in [-0.2, -0.15) is 0 Å². The summed E-state index contributed by atoms with van der Waals surface area (Å²) in [5.74, 6) is 0.274. The summed E-state index contributed by atoms with van der Waals surface area (Å²) in [6.45, 7) is 5.31. The molecule has 2 aromatic carbocycles. The molecule has 0 fully saturated rings. The van der Waals surface area contributed by atoms with Gasteiger partial charge in [0.25, 0.3) is 0 Å². The summed E-state index contributed by atoms with van der Waals surface area (Å²) in [4.78, 5) is 19.7. The lowest BCUT2D eigenvalue weighted by atomic mass is 9.96. The van der Waals surface area contributed by atoms with Gasteiger partial charge >= 0.3 is 0 Å². The summed E-state index contributed by atoms with van der Waals surface area (Å²) in [6, 6.07) is 22.2. The number of benzene rings is 2. The molecular weight excluding hydrogens is 390 g/mol. The van der Waals surface area contributed by atoms with Crippen molar-refractivity contribution in [3.05, 3.63) is 88.7 Å². The van der Waals surface area contributed by atoms with Gasteiger partial charge < -0.3 is 15.2 Å². The molecule has 4 nitrogen and oxygen atoms in total. The fraction of sp³-hybridized carbons (Fsp3) is 0.240. The van der Waals surface area contributed by atoms with Gasteiger partial charge in [0.2, 0.25) is 5.91 Å². The Morgan fingerprint density at radius 2 is 1.83 bits per heavy atom. The van der Waals surface area contributed by atoms with Crippen molar-refractivity contribution in [1.29, 1.82) is 0 Å². The van der Waals surface area contributed by atoms with Crippen molar-refractivity contribution in [1.82, 2.24) is 10.3 Å². The van der Waals surface area contributed by atoms with Crippen molar-refractivity contribution in [2.24, 2.45) is 0 Å². The number of rotatable bonds is 8. The van der Waals surface area contributed by atoms with E-state index < -0.39 is 0 Å². The topological polar surface area (TPSA) is 48.1 Å². The average Bonchev–Trinajstić information content (AvgIpc) is 3.46. The van der Waals surface area contributed by atoms with Gasteiger partial charge in [0.15, 0.2) is 0 Å². The quantitative estimate of drug-likeness (QED) is 0.404. The maximum Gasteiger partial charge on any atom is 0.243 e. The van der Waals surface area contributed by atoms with Gasteiger partial charge in [0.05, 0.1) is 6.04 Å². The first-order valence-corrected chi connectivity index (χ1v) is 11.3. The summed E-state index contributed by atoms with van der Waals surface area (Å²) < 4.78 is 0. The fourth-order valence-corrected chi connectivity index (χ4v) is 4.77. The lowest BCUT2D eigenvalue weighted by Crippen LogP contribution is -2.46. The number of aromatic nitrogens is 1. The molecule has 0 unspecified atom stereocenters. The summed E-state index contributed by atoms with van der Waals surface area (Å²) in [5.41, 5.74) is 3.33. The van der Waals surface area contributed by atoms with Crippen LogP contribution >= 0.6 is 11.3 Å². The molecule has 0 spiro atoms. The van der Waals surface area contributed by atoms with E-state index in [1.807, 2.05) is 55.1 Å². The number of nitrogens with zero attached hydrogens (tertiary/aromatic N) is 1. The smallest absolute Gasteiger partial charge is 0.243 e. The maximum absolute atomic E-state index is 13.1. The van der Waals surface area contributed by atoms with Gasteiger partial charge in [-0.3, -0.25) is 4.79 Å². The van der Waals surface area contributed by atoms with Crippen molar-refractivity contribution >= 4 is 33.8 Å². The van der Waals surface area contributed by atoms with Crippen LogP contribution < -0.4 is 10.2 Å². The third kappa shape index (κ3) is 4.18. The van der Waals surface area contributed by atoms with E-state index in [-0.39, 0.29) is 17.9 Å². The van der Waals surface area contributed by atoms with E-state index in [2.05, 4.69) is 52.2 Å². The number of fused-ring (bicyclic) bond motifs is 1. The number of anilines is 1. The van der Waals surface area contributed by atoms with Gasteiger partial charge in [0, 0.05) is 46.7 Å². The van der Waals surface area contributed by atoms with Crippen molar-refractivity contribution in [3.63, 3.8) is 0 Å². The van der Waals surface area contributed by atoms with Crippen LogP contribution in [0.2, 0.25) is 0 Å². The lowest BCUT2D eigenvalue weighted by molar-refractivity contribution is -0.120. The molecule has 0 aliphatic carbocycles. The van der Waals surface area contributed by atoms with Crippen molar-refractivity contribution < 1.29 is 4.79 Å². The van der Waals surface area contributed by atoms with Gasteiger partial charge in [-0.15, -0.1) is 11.3 Å². The minimum Gasteiger partial charge on any atom is -0.361 e. The number of nitrogens with one attached hydrogen (secondary N) is 2. The molecule has 2 atom stereocenters. The SMILES string of the molecule is CCN(C(=O)[C@H](C)NC[C@H](c1cccs1)c1c[nH]c2ccccc12)c1ccccc1. The second-order valence-electron chi connectivity index (χ2n) is 7.41. The Labute approximate surface area is 181 Å². The van der Waals surface area contributed by atoms with Crippen LogP contribution in [-0.2, 0) is 4.79 Å². The van der Waals surface area contributed by atoms with Crippen molar-refractivity contribution in [2.45, 2.75) is 25.8 Å². The molecule has 0 radical (unpaired) electrons. The molecule has 5 heteroatoms. The zero-order chi connectivity index (χ0) is 20.9. The fourth-order valence-electron chi connectivity index (χ4n) is 3.92. The Balaban J connectivity index is 1.53.